The average Bonchev–Trinajstić information content (AvgIpc) is 3.52. The van der Waals surface area contributed by atoms with Gasteiger partial charge in [-0.2, -0.15) is 5.10 Å². The molecular formula is C27H29FN6O. The number of H-pyrrole nitrogens is 2. The van der Waals surface area contributed by atoms with Crippen LogP contribution in [0.5, 0.6) is 5.75 Å². The molecule has 2 aliphatic heterocycles. The molecule has 1 fully saturated rings. The fourth-order valence-electron chi connectivity index (χ4n) is 5.41. The maximum atomic E-state index is 15.6. The molecule has 4 aromatic rings. The van der Waals surface area contributed by atoms with Crippen molar-refractivity contribution >= 4 is 16.5 Å². The molecule has 180 valence electrons. The van der Waals surface area contributed by atoms with Gasteiger partial charge in [-0.1, -0.05) is 25.1 Å². The molecule has 7 nitrogen and oxygen atoms in total. The molecule has 2 aromatic carbocycles. The Morgan fingerprint density at radius 1 is 1.14 bits per heavy atom. The molecule has 0 radical (unpaired) electrons. The highest BCUT2D eigenvalue weighted by molar-refractivity contribution is 5.95. The van der Waals surface area contributed by atoms with E-state index in [9.17, 15) is 5.11 Å². The number of aromatic amines is 2. The van der Waals surface area contributed by atoms with Gasteiger partial charge in [0, 0.05) is 43.2 Å². The van der Waals surface area contributed by atoms with Crippen molar-refractivity contribution in [3.05, 3.63) is 59.7 Å². The summed E-state index contributed by atoms with van der Waals surface area (Å²) in [5, 5.41) is 17.8. The van der Waals surface area contributed by atoms with E-state index in [1.165, 1.54) is 5.57 Å². The summed E-state index contributed by atoms with van der Waals surface area (Å²) in [6.45, 7) is 6.30. The quantitative estimate of drug-likeness (QED) is 0.409. The summed E-state index contributed by atoms with van der Waals surface area (Å²) in [6.07, 6.45) is 5.89. The van der Waals surface area contributed by atoms with E-state index in [1.54, 1.807) is 24.3 Å². The summed E-state index contributed by atoms with van der Waals surface area (Å²) in [5.41, 5.74) is 5.36. The minimum Gasteiger partial charge on any atom is -0.508 e. The molecule has 2 aliphatic rings. The molecule has 6 rings (SSSR count). The number of hydrogen-bond donors (Lipinski definition) is 3. The van der Waals surface area contributed by atoms with Crippen molar-refractivity contribution in [1.29, 1.82) is 0 Å². The molecule has 0 aliphatic carbocycles. The van der Waals surface area contributed by atoms with Crippen LogP contribution in [0.25, 0.3) is 39.1 Å². The normalized spacial score (nSPS) is 19.2. The first kappa shape index (κ1) is 22.0. The Kier molecular flexibility index (Phi) is 5.42. The molecular weight excluding hydrogens is 443 g/mol. The number of halogens is 1. The Morgan fingerprint density at radius 2 is 2.00 bits per heavy atom. The van der Waals surface area contributed by atoms with Gasteiger partial charge in [-0.3, -0.25) is 10.00 Å². The van der Waals surface area contributed by atoms with E-state index in [1.807, 2.05) is 19.2 Å². The molecule has 0 saturated carbocycles. The number of aromatic nitrogens is 4. The maximum absolute atomic E-state index is 15.6. The minimum atomic E-state index is -0.381. The zero-order valence-corrected chi connectivity index (χ0v) is 20.0. The van der Waals surface area contributed by atoms with Crippen molar-refractivity contribution in [3.8, 4) is 28.4 Å². The molecule has 2 aromatic heterocycles. The molecule has 3 N–H and O–H groups in total. The number of nitrogens with zero attached hydrogens (tertiary/aromatic N) is 4. The zero-order valence-electron chi connectivity index (χ0n) is 20.0. The molecule has 1 atom stereocenters. The monoisotopic (exact) mass is 472 g/mol. The van der Waals surface area contributed by atoms with Crippen LogP contribution in [0.2, 0.25) is 0 Å². The number of aromatic hydroxyl groups is 1. The van der Waals surface area contributed by atoms with Crippen LogP contribution in [0.4, 0.5) is 4.39 Å². The van der Waals surface area contributed by atoms with Gasteiger partial charge in [0.25, 0.3) is 0 Å². The highest BCUT2D eigenvalue weighted by atomic mass is 19.1. The summed E-state index contributed by atoms with van der Waals surface area (Å²) in [4.78, 5) is 13.0. The Labute approximate surface area is 203 Å². The second-order valence-electron chi connectivity index (χ2n) is 9.57. The second kappa shape index (κ2) is 8.62. The fraction of sp³-hybridized carbons (Fsp3) is 0.333. The third kappa shape index (κ3) is 3.83. The van der Waals surface area contributed by atoms with Gasteiger partial charge < -0.3 is 15.0 Å². The number of phenols is 1. The van der Waals surface area contributed by atoms with Gasteiger partial charge in [-0.25, -0.2) is 9.37 Å². The van der Waals surface area contributed by atoms with Crippen molar-refractivity contribution in [2.24, 2.45) is 0 Å². The highest BCUT2D eigenvalue weighted by Crippen LogP contribution is 2.35. The van der Waals surface area contributed by atoms with Crippen LogP contribution < -0.4 is 0 Å². The van der Waals surface area contributed by atoms with Crippen LogP contribution in [-0.2, 0) is 6.42 Å². The van der Waals surface area contributed by atoms with Gasteiger partial charge in [0.1, 0.15) is 17.0 Å². The number of nitrogens with one attached hydrogen (secondary N) is 2. The number of aryl methyl sites for hydroxylation is 1. The van der Waals surface area contributed by atoms with Crippen molar-refractivity contribution in [3.63, 3.8) is 0 Å². The molecule has 0 spiro atoms. The topological polar surface area (TPSA) is 84.1 Å². The standard InChI is InChI=1S/C27H29FN6O/c1-3-16-13-19(35)4-5-20(16)21-6-7-22-25(24(21)28)31-32-26(22)27-29-14-23(30-27)17-8-9-34-11-10-33(2)15-18(34)12-17/h4-7,12-14,18,35H,3,8-11,15H2,1-2H3,(H,29,30)(H,31,32). The number of hydrogen-bond acceptors (Lipinski definition) is 5. The molecule has 35 heavy (non-hydrogen) atoms. The van der Waals surface area contributed by atoms with Gasteiger partial charge in [0.05, 0.1) is 11.9 Å². The highest BCUT2D eigenvalue weighted by Gasteiger charge is 2.28. The third-order valence-electron chi connectivity index (χ3n) is 7.38. The van der Waals surface area contributed by atoms with Gasteiger partial charge in [0.15, 0.2) is 11.6 Å². The molecule has 8 heteroatoms. The van der Waals surface area contributed by atoms with Gasteiger partial charge in [-0.15, -0.1) is 0 Å². The first-order chi connectivity index (χ1) is 17.0. The van der Waals surface area contributed by atoms with E-state index in [4.69, 9.17) is 0 Å². The van der Waals surface area contributed by atoms with E-state index in [0.29, 0.717) is 34.9 Å². The smallest absolute Gasteiger partial charge is 0.159 e. The lowest BCUT2D eigenvalue weighted by molar-refractivity contribution is 0.113. The molecule has 0 amide bonds. The minimum absolute atomic E-state index is 0.180. The maximum Gasteiger partial charge on any atom is 0.159 e. The first-order valence-corrected chi connectivity index (χ1v) is 12.2. The molecule has 0 bridgehead atoms. The van der Waals surface area contributed by atoms with Gasteiger partial charge in [0.2, 0.25) is 0 Å². The average molecular weight is 473 g/mol. The fourth-order valence-corrected chi connectivity index (χ4v) is 5.41. The van der Waals surface area contributed by atoms with E-state index in [0.717, 1.165) is 49.4 Å². The van der Waals surface area contributed by atoms with Gasteiger partial charge >= 0.3 is 0 Å². The number of rotatable bonds is 4. The van der Waals surface area contributed by atoms with Crippen LogP contribution in [0.1, 0.15) is 24.6 Å². The van der Waals surface area contributed by atoms with Crippen LogP contribution in [0, 0.1) is 5.82 Å². The SMILES string of the molecule is CCc1cc(O)ccc1-c1ccc2c(-c3ncc(C4=CC5CN(C)CCN5CC4)[nH]3)[nH]nc2c1F. The van der Waals surface area contributed by atoms with Crippen LogP contribution in [0.3, 0.4) is 0 Å². The van der Waals surface area contributed by atoms with Crippen molar-refractivity contribution < 1.29 is 9.50 Å². The summed E-state index contributed by atoms with van der Waals surface area (Å²) in [7, 11) is 2.17. The third-order valence-corrected chi connectivity index (χ3v) is 7.38. The second-order valence-corrected chi connectivity index (χ2v) is 9.57. The lowest BCUT2D eigenvalue weighted by Gasteiger charge is -2.41. The number of phenolic OH excluding ortho intramolecular Hbond substituents is 1. The van der Waals surface area contributed by atoms with E-state index < -0.39 is 0 Å². The Balaban J connectivity index is 1.34. The molecule has 4 heterocycles. The molecule has 1 saturated heterocycles. The molecule has 1 unspecified atom stereocenters. The summed E-state index contributed by atoms with van der Waals surface area (Å²) in [5.74, 6) is 0.449. The number of likely N-dealkylation sites (N-methyl/N-ethyl adjacent to an activating group) is 1. The van der Waals surface area contributed by atoms with Crippen LogP contribution in [-0.4, -0.2) is 74.3 Å². The predicted octanol–water partition coefficient (Wildman–Crippen LogP) is 4.43. The van der Waals surface area contributed by atoms with Crippen molar-refractivity contribution in [2.75, 3.05) is 33.2 Å². The number of imidazole rings is 1. The lowest BCUT2D eigenvalue weighted by Crippen LogP contribution is -2.52. The van der Waals surface area contributed by atoms with Gasteiger partial charge in [-0.05, 0) is 54.8 Å². The number of piperazine rings is 1. The van der Waals surface area contributed by atoms with E-state index >= 15 is 4.39 Å². The van der Waals surface area contributed by atoms with Crippen molar-refractivity contribution in [2.45, 2.75) is 25.8 Å². The Hall–Kier alpha value is -3.49. The summed E-state index contributed by atoms with van der Waals surface area (Å²) in [6, 6.07) is 9.12. The summed E-state index contributed by atoms with van der Waals surface area (Å²) < 4.78 is 15.6. The largest absolute Gasteiger partial charge is 0.508 e. The van der Waals surface area contributed by atoms with Crippen molar-refractivity contribution in [1.82, 2.24) is 30.0 Å². The van der Waals surface area contributed by atoms with Crippen LogP contribution in [0.15, 0.2) is 42.6 Å². The number of fused-ring (bicyclic) bond motifs is 2. The van der Waals surface area contributed by atoms with E-state index in [2.05, 4.69) is 43.1 Å². The number of benzene rings is 2. The zero-order chi connectivity index (χ0) is 24.1. The Bertz CT molecular complexity index is 1440. The lowest BCUT2D eigenvalue weighted by atomic mass is 9.96. The predicted molar refractivity (Wildman–Crippen MR) is 136 cm³/mol. The van der Waals surface area contributed by atoms with Crippen LogP contribution >= 0.6 is 0 Å². The van der Waals surface area contributed by atoms with E-state index in [-0.39, 0.29) is 17.1 Å². The summed E-state index contributed by atoms with van der Waals surface area (Å²) >= 11 is 0. The first-order valence-electron chi connectivity index (χ1n) is 12.2. The Morgan fingerprint density at radius 3 is 2.86 bits per heavy atom.